The van der Waals surface area contributed by atoms with E-state index < -0.39 is 23.7 Å². The van der Waals surface area contributed by atoms with Gasteiger partial charge in [0.2, 0.25) is 5.91 Å². The number of carbonyl (C=O) groups excluding carboxylic acids is 1. The molecule has 5 nitrogen and oxygen atoms in total. The fourth-order valence-electron chi connectivity index (χ4n) is 2.90. The molecule has 30 heavy (non-hydrogen) atoms. The molecule has 0 unspecified atom stereocenters. The molecule has 0 spiro atoms. The van der Waals surface area contributed by atoms with E-state index in [1.54, 1.807) is 12.1 Å². The number of benzene rings is 2. The smallest absolute Gasteiger partial charge is 0.416 e. The molecule has 0 saturated carbocycles. The summed E-state index contributed by atoms with van der Waals surface area (Å²) in [6, 6.07) is 9.72. The highest BCUT2D eigenvalue weighted by Crippen LogP contribution is 2.31. The number of primary amides is 1. The molecular weight excluding hydrogens is 397 g/mol. The van der Waals surface area contributed by atoms with Crippen LogP contribution in [0.25, 0.3) is 0 Å². The first-order valence-corrected chi connectivity index (χ1v) is 9.58. The summed E-state index contributed by atoms with van der Waals surface area (Å²) in [7, 11) is 1.50. The van der Waals surface area contributed by atoms with Crippen molar-refractivity contribution in [2.45, 2.75) is 45.6 Å². The van der Waals surface area contributed by atoms with Gasteiger partial charge in [0.1, 0.15) is 6.61 Å². The van der Waals surface area contributed by atoms with Crippen LogP contribution in [0.2, 0.25) is 0 Å². The van der Waals surface area contributed by atoms with E-state index in [1.165, 1.54) is 19.2 Å². The largest absolute Gasteiger partial charge is 0.493 e. The number of hydrogen-bond donors (Lipinski definition) is 2. The number of halogens is 3. The quantitative estimate of drug-likeness (QED) is 0.597. The van der Waals surface area contributed by atoms with Gasteiger partial charge >= 0.3 is 6.18 Å². The number of carbonyl (C=O) groups is 1. The zero-order valence-electron chi connectivity index (χ0n) is 17.3. The molecule has 1 atom stereocenters. The lowest BCUT2D eigenvalue weighted by atomic mass is 10.0. The minimum absolute atomic E-state index is 0.101. The maximum absolute atomic E-state index is 12.6. The molecule has 8 heteroatoms. The van der Waals surface area contributed by atoms with Crippen LogP contribution >= 0.6 is 0 Å². The van der Waals surface area contributed by atoms with Crippen molar-refractivity contribution in [2.24, 2.45) is 11.7 Å². The highest BCUT2D eigenvalue weighted by molar-refractivity contribution is 5.79. The maximum Gasteiger partial charge on any atom is 0.416 e. The molecule has 3 N–H and O–H groups in total. The fraction of sp³-hybridized carbons (Fsp3) is 0.409. The maximum atomic E-state index is 12.6. The van der Waals surface area contributed by atoms with Crippen LogP contribution in [0.5, 0.6) is 11.5 Å². The van der Waals surface area contributed by atoms with Crippen molar-refractivity contribution in [3.63, 3.8) is 0 Å². The van der Waals surface area contributed by atoms with Crippen molar-refractivity contribution in [3.8, 4) is 11.5 Å². The molecule has 2 aromatic carbocycles. The Morgan fingerprint density at radius 3 is 2.23 bits per heavy atom. The Morgan fingerprint density at radius 2 is 1.70 bits per heavy atom. The van der Waals surface area contributed by atoms with Gasteiger partial charge in [-0.2, -0.15) is 13.2 Å². The topological polar surface area (TPSA) is 73.6 Å². The van der Waals surface area contributed by atoms with E-state index in [1.807, 2.05) is 19.9 Å². The Bertz CT molecular complexity index is 837. The van der Waals surface area contributed by atoms with E-state index in [0.29, 0.717) is 35.9 Å². The standard InChI is InChI=1S/C22H27F3N2O3/c1-14(2)10-18(21(26)28)27-12-16-6-9-19(20(11-16)29-3)30-13-15-4-7-17(8-5-15)22(23,24)25/h4-9,11,14,18,27H,10,12-13H2,1-3H3,(H2,26,28)/t18-/m0/s1. The molecule has 0 radical (unpaired) electrons. The van der Waals surface area contributed by atoms with Crippen molar-refractivity contribution < 1.29 is 27.4 Å². The molecule has 2 rings (SSSR count). The molecule has 0 saturated heterocycles. The van der Waals surface area contributed by atoms with E-state index >= 15 is 0 Å². The van der Waals surface area contributed by atoms with Gasteiger partial charge in [0, 0.05) is 6.54 Å². The van der Waals surface area contributed by atoms with Crippen molar-refractivity contribution in [3.05, 3.63) is 59.2 Å². The second kappa shape index (κ2) is 10.3. The van der Waals surface area contributed by atoms with E-state index in [4.69, 9.17) is 15.2 Å². The number of rotatable bonds is 10. The van der Waals surface area contributed by atoms with Crippen molar-refractivity contribution >= 4 is 5.91 Å². The zero-order chi connectivity index (χ0) is 22.3. The molecule has 0 aliphatic heterocycles. The van der Waals surface area contributed by atoms with E-state index in [2.05, 4.69) is 5.32 Å². The lowest BCUT2D eigenvalue weighted by Gasteiger charge is -2.18. The van der Waals surface area contributed by atoms with Gasteiger partial charge in [-0.15, -0.1) is 0 Å². The number of amides is 1. The number of nitrogens with two attached hydrogens (primary N) is 1. The number of hydrogen-bond acceptors (Lipinski definition) is 4. The molecule has 0 heterocycles. The van der Waals surface area contributed by atoms with Crippen LogP contribution < -0.4 is 20.5 Å². The zero-order valence-corrected chi connectivity index (χ0v) is 17.3. The minimum Gasteiger partial charge on any atom is -0.493 e. The van der Waals surface area contributed by atoms with Gasteiger partial charge in [0.25, 0.3) is 0 Å². The number of alkyl halides is 3. The van der Waals surface area contributed by atoms with Crippen LogP contribution in [0.4, 0.5) is 13.2 Å². The molecule has 0 bridgehead atoms. The average molecular weight is 424 g/mol. The Balaban J connectivity index is 2.00. The Hall–Kier alpha value is -2.74. The lowest BCUT2D eigenvalue weighted by molar-refractivity contribution is -0.137. The Kier molecular flexibility index (Phi) is 8.11. The van der Waals surface area contributed by atoms with Crippen LogP contribution in [0, 0.1) is 5.92 Å². The van der Waals surface area contributed by atoms with Crippen LogP contribution in [-0.2, 0) is 24.1 Å². The lowest BCUT2D eigenvalue weighted by Crippen LogP contribution is -2.41. The third-order valence-corrected chi connectivity index (χ3v) is 4.51. The number of methoxy groups -OCH3 is 1. The van der Waals surface area contributed by atoms with Gasteiger partial charge < -0.3 is 20.5 Å². The molecule has 2 aromatic rings. The van der Waals surface area contributed by atoms with Crippen LogP contribution in [0.3, 0.4) is 0 Å². The van der Waals surface area contributed by atoms with Gasteiger partial charge in [-0.05, 0) is 47.7 Å². The second-order valence-corrected chi connectivity index (χ2v) is 7.43. The Morgan fingerprint density at radius 1 is 1.07 bits per heavy atom. The molecule has 0 aromatic heterocycles. The third-order valence-electron chi connectivity index (χ3n) is 4.51. The van der Waals surface area contributed by atoms with E-state index in [-0.39, 0.29) is 6.61 Å². The molecule has 0 aliphatic rings. The summed E-state index contributed by atoms with van der Waals surface area (Å²) in [4.78, 5) is 11.6. The molecule has 0 aliphatic carbocycles. The summed E-state index contributed by atoms with van der Waals surface area (Å²) < 4.78 is 49.0. The molecular formula is C22H27F3N2O3. The summed E-state index contributed by atoms with van der Waals surface area (Å²) >= 11 is 0. The van der Waals surface area contributed by atoms with Gasteiger partial charge in [-0.3, -0.25) is 4.79 Å². The first-order valence-electron chi connectivity index (χ1n) is 9.58. The summed E-state index contributed by atoms with van der Waals surface area (Å²) in [6.45, 7) is 4.56. The van der Waals surface area contributed by atoms with Gasteiger partial charge in [0.05, 0.1) is 18.7 Å². The van der Waals surface area contributed by atoms with Crippen LogP contribution in [0.1, 0.15) is 37.0 Å². The predicted molar refractivity (Wildman–Crippen MR) is 108 cm³/mol. The molecule has 0 fully saturated rings. The fourth-order valence-corrected chi connectivity index (χ4v) is 2.90. The SMILES string of the molecule is COc1cc(CN[C@@H](CC(C)C)C(N)=O)ccc1OCc1ccc(C(F)(F)F)cc1. The summed E-state index contributed by atoms with van der Waals surface area (Å²) in [6.07, 6.45) is -3.73. The molecule has 164 valence electrons. The van der Waals surface area contributed by atoms with Crippen LogP contribution in [-0.4, -0.2) is 19.1 Å². The van der Waals surface area contributed by atoms with Crippen molar-refractivity contribution in [2.75, 3.05) is 7.11 Å². The monoisotopic (exact) mass is 424 g/mol. The second-order valence-electron chi connectivity index (χ2n) is 7.43. The highest BCUT2D eigenvalue weighted by Gasteiger charge is 2.29. The van der Waals surface area contributed by atoms with Gasteiger partial charge in [-0.1, -0.05) is 32.0 Å². The van der Waals surface area contributed by atoms with Crippen molar-refractivity contribution in [1.29, 1.82) is 0 Å². The number of nitrogens with one attached hydrogen (secondary N) is 1. The first kappa shape index (κ1) is 23.5. The predicted octanol–water partition coefficient (Wildman–Crippen LogP) is 4.28. The van der Waals surface area contributed by atoms with E-state index in [9.17, 15) is 18.0 Å². The highest BCUT2D eigenvalue weighted by atomic mass is 19.4. The Labute approximate surface area is 174 Å². The molecule has 1 amide bonds. The first-order chi connectivity index (χ1) is 14.1. The minimum atomic E-state index is -4.37. The van der Waals surface area contributed by atoms with Gasteiger partial charge in [-0.25, -0.2) is 0 Å². The average Bonchev–Trinajstić information content (AvgIpc) is 2.69. The summed E-state index contributed by atoms with van der Waals surface area (Å²) in [5.41, 5.74) is 6.23. The summed E-state index contributed by atoms with van der Waals surface area (Å²) in [5.74, 6) is 0.883. The van der Waals surface area contributed by atoms with Crippen molar-refractivity contribution in [1.82, 2.24) is 5.32 Å². The van der Waals surface area contributed by atoms with Gasteiger partial charge in [0.15, 0.2) is 11.5 Å². The normalized spacial score (nSPS) is 12.6. The summed E-state index contributed by atoms with van der Waals surface area (Å²) in [5, 5.41) is 3.15. The number of ether oxygens (including phenoxy) is 2. The third kappa shape index (κ3) is 6.95. The van der Waals surface area contributed by atoms with E-state index in [0.717, 1.165) is 17.7 Å². The van der Waals surface area contributed by atoms with Crippen LogP contribution in [0.15, 0.2) is 42.5 Å².